The molecule has 0 bridgehead atoms. The molecule has 1 aliphatic rings. The van der Waals surface area contributed by atoms with Crippen molar-refractivity contribution in [1.82, 2.24) is 14.7 Å². The maximum atomic E-state index is 13.2. The first-order valence-electron chi connectivity index (χ1n) is 15.6. The van der Waals surface area contributed by atoms with E-state index in [0.29, 0.717) is 42.0 Å². The average Bonchev–Trinajstić information content (AvgIpc) is 3.46. The maximum Gasteiger partial charge on any atom is 0.324 e. The summed E-state index contributed by atoms with van der Waals surface area (Å²) >= 11 is 0. The lowest BCUT2D eigenvalue weighted by Crippen LogP contribution is -2.41. The van der Waals surface area contributed by atoms with Gasteiger partial charge in [0.2, 0.25) is 0 Å². The number of hydrogen-bond acceptors (Lipinski definition) is 5. The molecule has 1 aliphatic heterocycles. The minimum absolute atomic E-state index is 0.152. The predicted octanol–water partition coefficient (Wildman–Crippen LogP) is 7.63. The van der Waals surface area contributed by atoms with Crippen LogP contribution in [0.1, 0.15) is 50.4 Å². The molecule has 242 valence electrons. The Kier molecular flexibility index (Phi) is 9.84. The topological polar surface area (TPSA) is 110 Å². The van der Waals surface area contributed by atoms with Crippen LogP contribution in [0.25, 0.3) is 5.69 Å². The number of likely N-dealkylation sites (tertiary alicyclic amines) is 1. The van der Waals surface area contributed by atoms with E-state index in [1.165, 1.54) is 0 Å². The van der Waals surface area contributed by atoms with Crippen LogP contribution in [-0.2, 0) is 11.8 Å². The number of anilines is 3. The summed E-state index contributed by atoms with van der Waals surface area (Å²) in [4.78, 5) is 28.0. The molecule has 0 saturated carbocycles. The molecule has 0 radical (unpaired) electrons. The first-order valence-corrected chi connectivity index (χ1v) is 15.6. The number of piperidine rings is 1. The zero-order valence-corrected chi connectivity index (χ0v) is 27.5. The number of ether oxygens (including phenoxy) is 2. The van der Waals surface area contributed by atoms with Gasteiger partial charge in [0, 0.05) is 36.3 Å². The van der Waals surface area contributed by atoms with Crippen molar-refractivity contribution < 1.29 is 19.1 Å². The van der Waals surface area contributed by atoms with Gasteiger partial charge < -0.3 is 25.0 Å². The Balaban J connectivity index is 1.17. The van der Waals surface area contributed by atoms with Gasteiger partial charge in [-0.25, -0.2) is 14.3 Å². The van der Waals surface area contributed by atoms with Crippen molar-refractivity contribution in [2.45, 2.75) is 52.4 Å². The largest absolute Gasteiger partial charge is 0.497 e. The van der Waals surface area contributed by atoms with E-state index in [1.807, 2.05) is 60.4 Å². The molecule has 1 fully saturated rings. The highest BCUT2D eigenvalue weighted by atomic mass is 16.5. The molecule has 0 aliphatic carbocycles. The lowest BCUT2D eigenvalue weighted by atomic mass is 9.90. The lowest BCUT2D eigenvalue weighted by molar-refractivity contribution is 0.182. The van der Waals surface area contributed by atoms with Crippen LogP contribution in [0.5, 0.6) is 11.5 Å². The highest BCUT2D eigenvalue weighted by Gasteiger charge is 2.25. The summed E-state index contributed by atoms with van der Waals surface area (Å²) < 4.78 is 12.5. The fourth-order valence-corrected chi connectivity index (χ4v) is 5.55. The lowest BCUT2D eigenvalue weighted by Gasteiger charge is -2.32. The van der Waals surface area contributed by atoms with Crippen LogP contribution in [0.2, 0.25) is 0 Å². The highest BCUT2D eigenvalue weighted by Crippen LogP contribution is 2.30. The molecular weight excluding hydrogens is 580 g/mol. The third-order valence-corrected chi connectivity index (χ3v) is 8.26. The predicted molar refractivity (Wildman–Crippen MR) is 183 cm³/mol. The minimum Gasteiger partial charge on any atom is -0.497 e. The zero-order chi connectivity index (χ0) is 32.8. The number of benzene rings is 3. The van der Waals surface area contributed by atoms with Gasteiger partial charge in [-0.2, -0.15) is 5.10 Å². The molecule has 4 aromatic rings. The Morgan fingerprint density at radius 2 is 1.63 bits per heavy atom. The number of methoxy groups -OCH3 is 2. The summed E-state index contributed by atoms with van der Waals surface area (Å²) in [5, 5.41) is 13.8. The molecule has 0 spiro atoms. The number of aromatic nitrogens is 2. The van der Waals surface area contributed by atoms with Crippen molar-refractivity contribution >= 4 is 29.3 Å². The smallest absolute Gasteiger partial charge is 0.324 e. The Bertz CT molecular complexity index is 1670. The van der Waals surface area contributed by atoms with Gasteiger partial charge in [0.15, 0.2) is 0 Å². The van der Waals surface area contributed by atoms with Gasteiger partial charge >= 0.3 is 12.1 Å². The maximum absolute atomic E-state index is 13.2. The Morgan fingerprint density at radius 3 is 2.30 bits per heavy atom. The number of carbonyl (C=O) groups excluding carboxylic acids is 2. The number of hydrogen-bond donors (Lipinski definition) is 3. The third-order valence-electron chi connectivity index (χ3n) is 8.26. The van der Waals surface area contributed by atoms with Crippen molar-refractivity contribution in [3.63, 3.8) is 0 Å². The van der Waals surface area contributed by atoms with E-state index in [4.69, 9.17) is 14.6 Å². The van der Waals surface area contributed by atoms with E-state index in [-0.39, 0.29) is 17.5 Å². The van der Waals surface area contributed by atoms with Crippen LogP contribution in [0, 0.1) is 12.8 Å². The van der Waals surface area contributed by atoms with E-state index in [1.54, 1.807) is 37.1 Å². The van der Waals surface area contributed by atoms with Gasteiger partial charge in [0.1, 0.15) is 17.3 Å². The molecule has 3 N–H and O–H groups in total. The Morgan fingerprint density at radius 1 is 0.891 bits per heavy atom. The van der Waals surface area contributed by atoms with Gasteiger partial charge in [-0.05, 0) is 74.1 Å². The van der Waals surface area contributed by atoms with Gasteiger partial charge in [0.25, 0.3) is 0 Å². The molecule has 10 nitrogen and oxygen atoms in total. The average molecular weight is 625 g/mol. The van der Waals surface area contributed by atoms with Crippen molar-refractivity contribution in [1.29, 1.82) is 0 Å². The number of carbonyl (C=O) groups is 2. The zero-order valence-electron chi connectivity index (χ0n) is 27.5. The van der Waals surface area contributed by atoms with Crippen molar-refractivity contribution in [2.24, 2.45) is 5.92 Å². The van der Waals surface area contributed by atoms with Gasteiger partial charge in [-0.1, -0.05) is 50.6 Å². The summed E-state index contributed by atoms with van der Waals surface area (Å²) in [6.07, 6.45) is 2.64. The molecule has 46 heavy (non-hydrogen) atoms. The van der Waals surface area contributed by atoms with Crippen LogP contribution >= 0.6 is 0 Å². The molecular formula is C36H44N6O4. The molecule has 0 unspecified atom stereocenters. The molecule has 5 rings (SSSR count). The molecule has 0 atom stereocenters. The number of urea groups is 2. The summed E-state index contributed by atoms with van der Waals surface area (Å²) in [5.74, 6) is 2.26. The molecule has 1 saturated heterocycles. The van der Waals surface area contributed by atoms with Gasteiger partial charge in [-0.3, -0.25) is 5.32 Å². The molecule has 2 heterocycles. The number of nitrogens with one attached hydrogen (secondary N) is 3. The Hall–Kier alpha value is -4.99. The standard InChI is InChI=1S/C36H44N6O4/c1-24-10-12-28(13-11-24)42-33(23-32(40-42)36(2,3)4)39-34(43)37-27-9-7-8-26(21-27)20-25-16-18-41(19-17-25)35(44)38-30-22-29(45-5)14-15-31(30)46-6/h7-15,21-23,25H,16-20H2,1-6H3,(H,38,44)(H2,37,39,43). The van der Waals surface area contributed by atoms with Crippen molar-refractivity contribution in [3.8, 4) is 17.2 Å². The summed E-state index contributed by atoms with van der Waals surface area (Å²) in [5.41, 5.74) is 5.17. The third kappa shape index (κ3) is 7.99. The quantitative estimate of drug-likeness (QED) is 0.187. The van der Waals surface area contributed by atoms with E-state index in [0.717, 1.165) is 47.5 Å². The van der Waals surface area contributed by atoms with Crippen LogP contribution in [-0.4, -0.2) is 54.1 Å². The molecule has 3 aromatic carbocycles. The van der Waals surface area contributed by atoms with Crippen LogP contribution < -0.4 is 25.4 Å². The second-order valence-corrected chi connectivity index (χ2v) is 12.8. The Labute approximate surface area is 271 Å². The van der Waals surface area contributed by atoms with Crippen molar-refractivity contribution in [2.75, 3.05) is 43.3 Å². The monoisotopic (exact) mass is 624 g/mol. The van der Waals surface area contributed by atoms with Crippen molar-refractivity contribution in [3.05, 3.63) is 89.6 Å². The molecule has 10 heteroatoms. The highest BCUT2D eigenvalue weighted by molar-refractivity contribution is 5.99. The van der Waals surface area contributed by atoms with Gasteiger partial charge in [-0.15, -0.1) is 0 Å². The number of amides is 4. The first kappa shape index (κ1) is 32.4. The van der Waals surface area contributed by atoms with Crippen LogP contribution in [0.15, 0.2) is 72.8 Å². The normalized spacial score (nSPS) is 13.7. The number of aryl methyl sites for hydroxylation is 1. The minimum atomic E-state index is -0.335. The number of rotatable bonds is 8. The van der Waals surface area contributed by atoms with Gasteiger partial charge in [0.05, 0.1) is 31.3 Å². The fraction of sp³-hybridized carbons (Fsp3) is 0.361. The summed E-state index contributed by atoms with van der Waals surface area (Å²) in [6, 6.07) is 22.8. The molecule has 1 aromatic heterocycles. The van der Waals surface area contributed by atoms with Crippen LogP contribution in [0.3, 0.4) is 0 Å². The molecule has 4 amide bonds. The fourth-order valence-electron chi connectivity index (χ4n) is 5.55. The SMILES string of the molecule is COc1ccc(OC)c(NC(=O)N2CCC(Cc3cccc(NC(=O)Nc4cc(C(C)(C)C)nn4-c4ccc(C)cc4)c3)CC2)c1. The first-order chi connectivity index (χ1) is 22.0. The van der Waals surface area contributed by atoms with Crippen LogP contribution in [0.4, 0.5) is 26.8 Å². The summed E-state index contributed by atoms with van der Waals surface area (Å²) in [7, 11) is 3.16. The summed E-state index contributed by atoms with van der Waals surface area (Å²) in [6.45, 7) is 9.66. The van der Waals surface area contributed by atoms with E-state index < -0.39 is 0 Å². The second kappa shape index (κ2) is 14.0. The van der Waals surface area contributed by atoms with E-state index in [2.05, 4.69) is 42.8 Å². The van der Waals surface area contributed by atoms with E-state index in [9.17, 15) is 9.59 Å². The van der Waals surface area contributed by atoms with E-state index >= 15 is 0 Å². The second-order valence-electron chi connectivity index (χ2n) is 12.8. The number of nitrogens with zero attached hydrogens (tertiary/aromatic N) is 3.